The van der Waals surface area contributed by atoms with Gasteiger partial charge in [-0.1, -0.05) is 35.4 Å². The first kappa shape index (κ1) is 20.0. The molecule has 1 saturated heterocycles. The van der Waals surface area contributed by atoms with Gasteiger partial charge in [-0.25, -0.2) is 8.42 Å². The third-order valence-electron chi connectivity index (χ3n) is 5.46. The van der Waals surface area contributed by atoms with E-state index in [2.05, 4.69) is 0 Å². The van der Waals surface area contributed by atoms with Gasteiger partial charge in [0.15, 0.2) is 15.6 Å². The smallest absolute Gasteiger partial charge is 0.290 e. The van der Waals surface area contributed by atoms with Gasteiger partial charge >= 0.3 is 0 Å². The summed E-state index contributed by atoms with van der Waals surface area (Å²) in [5, 5.41) is 1.51. The van der Waals surface area contributed by atoms with Crippen LogP contribution in [0.2, 0.25) is 5.02 Å². The molecule has 0 unspecified atom stereocenters. The average Bonchev–Trinajstić information content (AvgIpc) is 3.20. The summed E-state index contributed by atoms with van der Waals surface area (Å²) >= 11 is 5.97. The molecule has 2 heterocycles. The van der Waals surface area contributed by atoms with Crippen molar-refractivity contribution < 1.29 is 17.6 Å². The van der Waals surface area contributed by atoms with Crippen molar-refractivity contribution in [3.8, 4) is 0 Å². The Morgan fingerprint density at radius 3 is 2.55 bits per heavy atom. The number of carbonyl (C=O) groups excluding carboxylic acids is 1. The Labute approximate surface area is 175 Å². The number of fused-ring (bicyclic) bond motifs is 1. The minimum absolute atomic E-state index is 0.0231. The third-order valence-corrected chi connectivity index (χ3v) is 7.46. The maximum atomic E-state index is 13.5. The molecular weight excluding hydrogens is 410 g/mol. The van der Waals surface area contributed by atoms with Crippen LogP contribution in [-0.4, -0.2) is 36.8 Å². The molecule has 1 aliphatic rings. The molecule has 0 bridgehead atoms. The van der Waals surface area contributed by atoms with E-state index in [1.165, 1.54) is 0 Å². The van der Waals surface area contributed by atoms with E-state index in [1.54, 1.807) is 17.0 Å². The van der Waals surface area contributed by atoms with Crippen LogP contribution in [0.15, 0.2) is 46.9 Å². The lowest BCUT2D eigenvalue weighted by atomic mass is 10.1. The molecule has 1 aromatic heterocycles. The third kappa shape index (κ3) is 4.05. The number of nitrogens with zero attached hydrogens (tertiary/aromatic N) is 1. The number of furan rings is 1. The molecular formula is C22H22ClNO4S. The summed E-state index contributed by atoms with van der Waals surface area (Å²) in [5.41, 5.74) is 3.40. The molecule has 1 atom stereocenters. The van der Waals surface area contributed by atoms with Crippen LogP contribution in [0, 0.1) is 13.8 Å². The lowest BCUT2D eigenvalue weighted by molar-refractivity contribution is 0.0649. The van der Waals surface area contributed by atoms with Gasteiger partial charge in [0, 0.05) is 28.6 Å². The van der Waals surface area contributed by atoms with E-state index in [0.29, 0.717) is 23.6 Å². The zero-order chi connectivity index (χ0) is 20.8. The van der Waals surface area contributed by atoms with E-state index in [0.717, 1.165) is 22.1 Å². The first-order valence-corrected chi connectivity index (χ1v) is 11.7. The van der Waals surface area contributed by atoms with Crippen molar-refractivity contribution in [3.63, 3.8) is 0 Å². The number of halogens is 1. The quantitative estimate of drug-likeness (QED) is 0.608. The molecule has 4 rings (SSSR count). The predicted molar refractivity (Wildman–Crippen MR) is 114 cm³/mol. The topological polar surface area (TPSA) is 67.6 Å². The van der Waals surface area contributed by atoms with Crippen molar-refractivity contribution in [1.29, 1.82) is 0 Å². The number of sulfone groups is 1. The molecule has 1 aliphatic heterocycles. The number of hydrogen-bond donors (Lipinski definition) is 0. The van der Waals surface area contributed by atoms with Crippen molar-refractivity contribution >= 4 is 38.3 Å². The van der Waals surface area contributed by atoms with Gasteiger partial charge in [-0.05, 0) is 50.1 Å². The summed E-state index contributed by atoms with van der Waals surface area (Å²) in [6.45, 7) is 4.15. The number of amides is 1. The molecule has 0 aliphatic carbocycles. The monoisotopic (exact) mass is 431 g/mol. The van der Waals surface area contributed by atoms with Gasteiger partial charge in [0.1, 0.15) is 5.58 Å². The fourth-order valence-corrected chi connectivity index (χ4v) is 5.70. The summed E-state index contributed by atoms with van der Waals surface area (Å²) in [6, 6.07) is 12.6. The van der Waals surface area contributed by atoms with E-state index in [1.807, 2.05) is 44.2 Å². The molecule has 1 fully saturated rings. The Bertz CT molecular complexity index is 1180. The van der Waals surface area contributed by atoms with Gasteiger partial charge in [0.25, 0.3) is 5.91 Å². The molecule has 152 valence electrons. The Balaban J connectivity index is 1.73. The zero-order valence-electron chi connectivity index (χ0n) is 16.3. The predicted octanol–water partition coefficient (Wildman–Crippen LogP) is 4.53. The summed E-state index contributed by atoms with van der Waals surface area (Å²) in [7, 11) is -3.14. The van der Waals surface area contributed by atoms with Gasteiger partial charge in [0.2, 0.25) is 0 Å². The van der Waals surface area contributed by atoms with Gasteiger partial charge in [-0.2, -0.15) is 0 Å². The molecule has 5 nitrogen and oxygen atoms in total. The number of rotatable bonds is 4. The molecule has 0 spiro atoms. The summed E-state index contributed by atoms with van der Waals surface area (Å²) < 4.78 is 30.0. The fraction of sp³-hybridized carbons (Fsp3) is 0.318. The number of aryl methyl sites for hydroxylation is 2. The highest BCUT2D eigenvalue weighted by molar-refractivity contribution is 7.91. The molecule has 29 heavy (non-hydrogen) atoms. The molecule has 7 heteroatoms. The fourth-order valence-electron chi connectivity index (χ4n) is 3.84. The van der Waals surface area contributed by atoms with Crippen LogP contribution in [0.25, 0.3) is 11.0 Å². The maximum absolute atomic E-state index is 13.5. The van der Waals surface area contributed by atoms with Crippen LogP contribution in [0.5, 0.6) is 0 Å². The minimum Gasteiger partial charge on any atom is -0.451 e. The summed E-state index contributed by atoms with van der Waals surface area (Å²) in [5.74, 6) is 0.0581. The van der Waals surface area contributed by atoms with Gasteiger partial charge in [0.05, 0.1) is 11.5 Å². The summed E-state index contributed by atoms with van der Waals surface area (Å²) in [6.07, 6.45) is 0.431. The maximum Gasteiger partial charge on any atom is 0.290 e. The highest BCUT2D eigenvalue weighted by Gasteiger charge is 2.36. The van der Waals surface area contributed by atoms with E-state index in [4.69, 9.17) is 16.0 Å². The molecule has 2 aromatic carbocycles. The molecule has 0 radical (unpaired) electrons. The Morgan fingerprint density at radius 2 is 1.90 bits per heavy atom. The first-order chi connectivity index (χ1) is 13.7. The van der Waals surface area contributed by atoms with Crippen molar-refractivity contribution in [2.24, 2.45) is 0 Å². The first-order valence-electron chi connectivity index (χ1n) is 9.49. The molecule has 3 aromatic rings. The highest BCUT2D eigenvalue weighted by Crippen LogP contribution is 2.30. The van der Waals surface area contributed by atoms with Crippen molar-refractivity contribution in [2.75, 3.05) is 11.5 Å². The Kier molecular flexibility index (Phi) is 5.17. The average molecular weight is 432 g/mol. The van der Waals surface area contributed by atoms with E-state index < -0.39 is 9.84 Å². The highest BCUT2D eigenvalue weighted by atomic mass is 35.5. The van der Waals surface area contributed by atoms with Crippen molar-refractivity contribution in [3.05, 3.63) is 69.9 Å². The van der Waals surface area contributed by atoms with Gasteiger partial charge in [-0.3, -0.25) is 4.79 Å². The lowest BCUT2D eigenvalue weighted by Gasteiger charge is -2.28. The van der Waals surface area contributed by atoms with Crippen LogP contribution in [0.1, 0.15) is 33.7 Å². The van der Waals surface area contributed by atoms with Crippen molar-refractivity contribution in [2.45, 2.75) is 32.9 Å². The number of carbonyl (C=O) groups is 1. The van der Waals surface area contributed by atoms with Crippen LogP contribution >= 0.6 is 11.6 Å². The minimum atomic E-state index is -3.14. The van der Waals surface area contributed by atoms with Crippen LogP contribution in [-0.2, 0) is 16.4 Å². The Hall–Kier alpha value is -2.31. The second-order valence-electron chi connectivity index (χ2n) is 7.67. The van der Waals surface area contributed by atoms with Crippen molar-refractivity contribution in [1.82, 2.24) is 4.90 Å². The van der Waals surface area contributed by atoms with E-state index >= 15 is 0 Å². The number of hydrogen-bond acceptors (Lipinski definition) is 4. The van der Waals surface area contributed by atoms with Crippen LogP contribution in [0.4, 0.5) is 0 Å². The largest absolute Gasteiger partial charge is 0.451 e. The SMILES string of the molecule is Cc1ccc2oc(C(=O)N(Cc3ccc(Cl)cc3)[C@H]3CCS(=O)(=O)C3)c(C)c2c1. The van der Waals surface area contributed by atoms with Gasteiger partial charge < -0.3 is 9.32 Å². The van der Waals surface area contributed by atoms with E-state index in [-0.39, 0.29) is 29.2 Å². The molecule has 1 amide bonds. The van der Waals surface area contributed by atoms with Crippen LogP contribution in [0.3, 0.4) is 0 Å². The lowest BCUT2D eigenvalue weighted by Crippen LogP contribution is -2.40. The summed E-state index contributed by atoms with van der Waals surface area (Å²) in [4.78, 5) is 15.1. The van der Waals surface area contributed by atoms with E-state index in [9.17, 15) is 13.2 Å². The second-order valence-corrected chi connectivity index (χ2v) is 10.3. The molecule has 0 N–H and O–H groups in total. The molecule has 0 saturated carbocycles. The second kappa shape index (κ2) is 7.50. The number of benzene rings is 2. The normalized spacial score (nSPS) is 18.2. The standard InChI is InChI=1S/C22H22ClNO4S/c1-14-3-8-20-19(11-14)15(2)21(28-20)22(25)24(18-9-10-29(26,27)13-18)12-16-4-6-17(23)7-5-16/h3-8,11,18H,9-10,12-13H2,1-2H3/t18-/m0/s1. The zero-order valence-corrected chi connectivity index (χ0v) is 17.9. The van der Waals surface area contributed by atoms with Gasteiger partial charge in [-0.15, -0.1) is 0 Å². The Morgan fingerprint density at radius 1 is 1.17 bits per heavy atom. The van der Waals surface area contributed by atoms with Crippen LogP contribution < -0.4 is 0 Å².